The number of rotatable bonds is 23. The molecule has 1 N–H and O–H groups in total. The SMILES string of the molecule is CCCCCCCCOc1ccc(C(=O)O)c(OCCCCCCCCCCCC[N+](C)(C)C)c1. The number of aromatic carboxylic acids is 1. The highest BCUT2D eigenvalue weighted by Crippen LogP contribution is 2.26. The van der Waals surface area contributed by atoms with E-state index in [1.54, 1.807) is 18.2 Å². The van der Waals surface area contributed by atoms with E-state index in [1.165, 1.54) is 90.0 Å². The van der Waals surface area contributed by atoms with Gasteiger partial charge in [0.1, 0.15) is 17.1 Å². The van der Waals surface area contributed by atoms with Crippen molar-refractivity contribution in [3.63, 3.8) is 0 Å². The van der Waals surface area contributed by atoms with Gasteiger partial charge in [0.05, 0.1) is 40.9 Å². The van der Waals surface area contributed by atoms with Crippen LogP contribution in [-0.2, 0) is 0 Å². The molecule has 0 aromatic heterocycles. The van der Waals surface area contributed by atoms with Crippen LogP contribution < -0.4 is 9.47 Å². The largest absolute Gasteiger partial charge is 0.493 e. The van der Waals surface area contributed by atoms with E-state index < -0.39 is 5.97 Å². The average molecular weight is 493 g/mol. The van der Waals surface area contributed by atoms with Crippen molar-refractivity contribution in [1.29, 1.82) is 0 Å². The molecule has 0 saturated heterocycles. The third-order valence-corrected chi connectivity index (χ3v) is 6.43. The Kier molecular flexibility index (Phi) is 17.4. The number of nitrogens with zero attached hydrogens (tertiary/aromatic N) is 1. The number of carboxylic acids is 1. The maximum absolute atomic E-state index is 11.6. The number of benzene rings is 1. The molecule has 0 spiro atoms. The lowest BCUT2D eigenvalue weighted by Crippen LogP contribution is -2.35. The highest BCUT2D eigenvalue weighted by atomic mass is 16.5. The molecule has 0 amide bonds. The molecule has 0 aliphatic carbocycles. The van der Waals surface area contributed by atoms with E-state index in [2.05, 4.69) is 28.1 Å². The first-order valence-corrected chi connectivity index (χ1v) is 14.3. The summed E-state index contributed by atoms with van der Waals surface area (Å²) in [7, 11) is 6.79. The van der Waals surface area contributed by atoms with Crippen LogP contribution in [0.2, 0.25) is 0 Å². The summed E-state index contributed by atoms with van der Waals surface area (Å²) in [6.07, 6.45) is 19.9. The Bertz CT molecular complexity index is 669. The second-order valence-electron chi connectivity index (χ2n) is 11.0. The van der Waals surface area contributed by atoms with E-state index in [0.717, 1.165) is 23.7 Å². The number of unbranched alkanes of at least 4 members (excludes halogenated alkanes) is 14. The van der Waals surface area contributed by atoms with E-state index in [1.807, 2.05) is 0 Å². The topological polar surface area (TPSA) is 55.8 Å². The van der Waals surface area contributed by atoms with Crippen molar-refractivity contribution in [2.24, 2.45) is 0 Å². The second-order valence-corrected chi connectivity index (χ2v) is 11.0. The molecule has 1 aromatic rings. The summed E-state index contributed by atoms with van der Waals surface area (Å²) in [6, 6.07) is 5.06. The summed E-state index contributed by atoms with van der Waals surface area (Å²) >= 11 is 0. The monoisotopic (exact) mass is 492 g/mol. The molecule has 0 heterocycles. The second kappa shape index (κ2) is 19.4. The van der Waals surface area contributed by atoms with Crippen molar-refractivity contribution in [2.75, 3.05) is 40.9 Å². The summed E-state index contributed by atoms with van der Waals surface area (Å²) in [5.74, 6) is 0.152. The minimum Gasteiger partial charge on any atom is -0.493 e. The summed E-state index contributed by atoms with van der Waals surface area (Å²) in [5, 5.41) is 9.48. The Morgan fingerprint density at radius 1 is 0.714 bits per heavy atom. The molecule has 0 aliphatic heterocycles. The zero-order valence-electron chi connectivity index (χ0n) is 23.3. The van der Waals surface area contributed by atoms with E-state index in [4.69, 9.17) is 9.47 Å². The quantitative estimate of drug-likeness (QED) is 0.124. The van der Waals surface area contributed by atoms with Crippen LogP contribution in [0.3, 0.4) is 0 Å². The fraction of sp³-hybridized carbons (Fsp3) is 0.767. The van der Waals surface area contributed by atoms with E-state index in [0.29, 0.717) is 24.7 Å². The standard InChI is InChI=1S/C30H53NO4/c1-5-6-7-8-16-19-24-34-27-21-22-28(30(32)33)29(26-27)35-25-20-17-14-12-10-9-11-13-15-18-23-31(2,3)4/h21-22,26H,5-20,23-25H2,1-4H3/p+1. The molecule has 0 atom stereocenters. The van der Waals surface area contributed by atoms with Crippen LogP contribution in [0, 0.1) is 0 Å². The smallest absolute Gasteiger partial charge is 0.339 e. The van der Waals surface area contributed by atoms with Gasteiger partial charge in [-0.05, 0) is 37.8 Å². The Balaban J connectivity index is 2.15. The van der Waals surface area contributed by atoms with Crippen LogP contribution >= 0.6 is 0 Å². The van der Waals surface area contributed by atoms with Gasteiger partial charge in [-0.25, -0.2) is 4.79 Å². The Morgan fingerprint density at radius 2 is 1.20 bits per heavy atom. The molecule has 5 heteroatoms. The molecule has 5 nitrogen and oxygen atoms in total. The van der Waals surface area contributed by atoms with Crippen LogP contribution in [0.15, 0.2) is 18.2 Å². The molecule has 35 heavy (non-hydrogen) atoms. The molecule has 1 rings (SSSR count). The number of quaternary nitrogens is 1. The van der Waals surface area contributed by atoms with Gasteiger partial charge in [0.25, 0.3) is 0 Å². The summed E-state index contributed by atoms with van der Waals surface area (Å²) in [5.41, 5.74) is 0.207. The van der Waals surface area contributed by atoms with Crippen molar-refractivity contribution >= 4 is 5.97 Å². The van der Waals surface area contributed by atoms with Crippen molar-refractivity contribution < 1.29 is 23.9 Å². The van der Waals surface area contributed by atoms with Crippen LogP contribution in [0.5, 0.6) is 11.5 Å². The van der Waals surface area contributed by atoms with Crippen LogP contribution in [0.1, 0.15) is 120 Å². The molecule has 0 saturated carbocycles. The van der Waals surface area contributed by atoms with Gasteiger partial charge in [-0.1, -0.05) is 84.0 Å². The van der Waals surface area contributed by atoms with Crippen LogP contribution in [0.4, 0.5) is 0 Å². The van der Waals surface area contributed by atoms with Gasteiger partial charge < -0.3 is 19.1 Å². The molecule has 0 radical (unpaired) electrons. The zero-order chi connectivity index (χ0) is 25.8. The summed E-state index contributed by atoms with van der Waals surface area (Å²) in [6.45, 7) is 4.70. The summed E-state index contributed by atoms with van der Waals surface area (Å²) in [4.78, 5) is 11.6. The van der Waals surface area contributed by atoms with E-state index >= 15 is 0 Å². The fourth-order valence-electron chi connectivity index (χ4n) is 4.25. The van der Waals surface area contributed by atoms with Gasteiger partial charge in [0.2, 0.25) is 0 Å². The molecule has 0 unspecified atom stereocenters. The molecule has 0 aliphatic rings. The minimum absolute atomic E-state index is 0.207. The fourth-order valence-corrected chi connectivity index (χ4v) is 4.25. The van der Waals surface area contributed by atoms with E-state index in [-0.39, 0.29) is 5.56 Å². The summed E-state index contributed by atoms with van der Waals surface area (Å²) < 4.78 is 12.8. The van der Waals surface area contributed by atoms with Crippen LogP contribution in [0.25, 0.3) is 0 Å². The minimum atomic E-state index is -0.958. The number of hydrogen-bond donors (Lipinski definition) is 1. The zero-order valence-corrected chi connectivity index (χ0v) is 23.3. The van der Waals surface area contributed by atoms with Gasteiger partial charge in [-0.15, -0.1) is 0 Å². The lowest BCUT2D eigenvalue weighted by atomic mass is 10.1. The predicted octanol–water partition coefficient (Wildman–Crippen LogP) is 8.11. The maximum atomic E-state index is 11.6. The van der Waals surface area contributed by atoms with Gasteiger partial charge in [-0.3, -0.25) is 0 Å². The van der Waals surface area contributed by atoms with Crippen molar-refractivity contribution in [3.05, 3.63) is 23.8 Å². The normalized spacial score (nSPS) is 11.5. The van der Waals surface area contributed by atoms with Crippen LogP contribution in [-0.4, -0.2) is 56.5 Å². The highest BCUT2D eigenvalue weighted by Gasteiger charge is 2.13. The number of hydrogen-bond acceptors (Lipinski definition) is 3. The molecule has 202 valence electrons. The molecular weight excluding hydrogens is 438 g/mol. The Hall–Kier alpha value is -1.75. The van der Waals surface area contributed by atoms with Gasteiger partial charge in [-0.2, -0.15) is 0 Å². The van der Waals surface area contributed by atoms with Gasteiger partial charge in [0.15, 0.2) is 0 Å². The van der Waals surface area contributed by atoms with Crippen molar-refractivity contribution in [2.45, 2.75) is 110 Å². The van der Waals surface area contributed by atoms with Gasteiger partial charge in [0, 0.05) is 6.07 Å². The molecule has 1 aromatic carbocycles. The number of carboxylic acid groups (broad SMARTS) is 1. The third-order valence-electron chi connectivity index (χ3n) is 6.43. The number of ether oxygens (including phenoxy) is 2. The first-order chi connectivity index (χ1) is 16.8. The lowest BCUT2D eigenvalue weighted by Gasteiger charge is -2.23. The van der Waals surface area contributed by atoms with Crippen molar-refractivity contribution in [1.82, 2.24) is 0 Å². The number of carbonyl (C=O) groups is 1. The average Bonchev–Trinajstić information content (AvgIpc) is 2.80. The first-order valence-electron chi connectivity index (χ1n) is 14.3. The molecule has 0 bridgehead atoms. The first kappa shape index (κ1) is 31.3. The molecular formula is C30H54NO4+. The van der Waals surface area contributed by atoms with Crippen molar-refractivity contribution in [3.8, 4) is 11.5 Å². The maximum Gasteiger partial charge on any atom is 0.339 e. The molecule has 0 fully saturated rings. The highest BCUT2D eigenvalue weighted by molar-refractivity contribution is 5.91. The predicted molar refractivity (Wildman–Crippen MR) is 147 cm³/mol. The lowest BCUT2D eigenvalue weighted by molar-refractivity contribution is -0.870. The van der Waals surface area contributed by atoms with Gasteiger partial charge >= 0.3 is 5.97 Å². The van der Waals surface area contributed by atoms with E-state index in [9.17, 15) is 9.90 Å². The Morgan fingerprint density at radius 3 is 1.71 bits per heavy atom. The Labute approximate surface area is 215 Å². The third kappa shape index (κ3) is 17.3.